The van der Waals surface area contributed by atoms with Crippen LogP contribution in [0.15, 0.2) is 5.16 Å². The minimum absolute atomic E-state index is 0.00689. The van der Waals surface area contributed by atoms with Crippen LogP contribution in [-0.2, 0) is 16.6 Å². The Morgan fingerprint density at radius 3 is 3.00 bits per heavy atom. The Hall–Kier alpha value is -1.08. The molecule has 2 atom stereocenters. The molecule has 0 radical (unpaired) electrons. The first-order valence-corrected chi connectivity index (χ1v) is 6.43. The largest absolute Gasteiger partial charge is 0.481 e. The molecule has 1 aromatic heterocycles. The number of aromatic nitrogens is 3. The van der Waals surface area contributed by atoms with Gasteiger partial charge < -0.3 is 14.4 Å². The Morgan fingerprint density at radius 2 is 2.41 bits per heavy atom. The topological polar surface area (TPSA) is 77.2 Å². The van der Waals surface area contributed by atoms with Crippen LogP contribution in [0.2, 0.25) is 0 Å². The van der Waals surface area contributed by atoms with Gasteiger partial charge in [0.15, 0.2) is 11.0 Å². The summed E-state index contributed by atoms with van der Waals surface area (Å²) >= 11 is 1.17. The van der Waals surface area contributed by atoms with Crippen LogP contribution in [0.1, 0.15) is 25.3 Å². The van der Waals surface area contributed by atoms with Crippen molar-refractivity contribution >= 4 is 17.7 Å². The highest BCUT2D eigenvalue weighted by Gasteiger charge is 2.30. The average molecular weight is 257 g/mol. The molecule has 2 heterocycles. The first-order chi connectivity index (χ1) is 8.09. The summed E-state index contributed by atoms with van der Waals surface area (Å²) in [4.78, 5) is 10.5. The summed E-state index contributed by atoms with van der Waals surface area (Å²) in [6, 6.07) is 0. The molecule has 1 aliphatic rings. The van der Waals surface area contributed by atoms with Gasteiger partial charge in [0.1, 0.15) is 6.10 Å². The van der Waals surface area contributed by atoms with Crippen molar-refractivity contribution in [2.24, 2.45) is 13.0 Å². The van der Waals surface area contributed by atoms with Gasteiger partial charge in [-0.2, -0.15) is 0 Å². The molecule has 0 aliphatic carbocycles. The van der Waals surface area contributed by atoms with Crippen LogP contribution < -0.4 is 0 Å². The molecule has 1 aromatic rings. The molecule has 7 heteroatoms. The summed E-state index contributed by atoms with van der Waals surface area (Å²) in [5, 5.41) is 17.3. The number of nitrogens with zero attached hydrogens (tertiary/aromatic N) is 3. The molecule has 0 spiro atoms. The van der Waals surface area contributed by atoms with Gasteiger partial charge in [-0.1, -0.05) is 18.7 Å². The summed E-state index contributed by atoms with van der Waals surface area (Å²) in [6.45, 7) is 2.87. The molecule has 2 rings (SSSR count). The van der Waals surface area contributed by atoms with Gasteiger partial charge in [-0.15, -0.1) is 10.2 Å². The van der Waals surface area contributed by atoms with Crippen LogP contribution in [0, 0.1) is 5.92 Å². The average Bonchev–Trinajstić information content (AvgIpc) is 2.82. The number of aliphatic carboxylic acids is 1. The number of carbonyl (C=O) groups is 1. The van der Waals surface area contributed by atoms with Gasteiger partial charge in [-0.3, -0.25) is 4.79 Å². The Morgan fingerprint density at radius 1 is 1.65 bits per heavy atom. The molecule has 94 valence electrons. The Labute approximate surface area is 103 Å². The summed E-state index contributed by atoms with van der Waals surface area (Å²) in [6.07, 6.45) is 1.00. The molecule has 17 heavy (non-hydrogen) atoms. The highest BCUT2D eigenvalue weighted by molar-refractivity contribution is 7.99. The van der Waals surface area contributed by atoms with E-state index in [9.17, 15) is 4.79 Å². The van der Waals surface area contributed by atoms with Crippen molar-refractivity contribution in [2.75, 3.05) is 12.4 Å². The van der Waals surface area contributed by atoms with E-state index in [1.807, 2.05) is 11.6 Å². The van der Waals surface area contributed by atoms with E-state index in [0.29, 0.717) is 11.1 Å². The molecular weight excluding hydrogens is 242 g/mol. The van der Waals surface area contributed by atoms with Crippen molar-refractivity contribution in [1.29, 1.82) is 0 Å². The lowest BCUT2D eigenvalue weighted by molar-refractivity contribution is -0.133. The van der Waals surface area contributed by atoms with Gasteiger partial charge in [0.2, 0.25) is 0 Å². The second-order valence-corrected chi connectivity index (χ2v) is 5.08. The molecule has 1 fully saturated rings. The summed E-state index contributed by atoms with van der Waals surface area (Å²) < 4.78 is 7.44. The number of rotatable bonds is 4. The van der Waals surface area contributed by atoms with E-state index in [4.69, 9.17) is 9.84 Å². The highest BCUT2D eigenvalue weighted by atomic mass is 32.2. The Kier molecular flexibility index (Phi) is 3.68. The number of hydrogen-bond acceptors (Lipinski definition) is 5. The van der Waals surface area contributed by atoms with Crippen LogP contribution in [0.4, 0.5) is 0 Å². The fourth-order valence-corrected chi connectivity index (χ4v) is 2.49. The Balaban J connectivity index is 2.11. The molecule has 6 nitrogen and oxygen atoms in total. The first-order valence-electron chi connectivity index (χ1n) is 5.45. The predicted molar refractivity (Wildman–Crippen MR) is 61.8 cm³/mol. The van der Waals surface area contributed by atoms with Crippen LogP contribution in [0.3, 0.4) is 0 Å². The van der Waals surface area contributed by atoms with Crippen LogP contribution >= 0.6 is 11.8 Å². The maximum atomic E-state index is 10.5. The van der Waals surface area contributed by atoms with Crippen molar-refractivity contribution in [3.05, 3.63) is 5.82 Å². The van der Waals surface area contributed by atoms with Gasteiger partial charge in [0.25, 0.3) is 0 Å². The van der Waals surface area contributed by atoms with Gasteiger partial charge in [-0.25, -0.2) is 0 Å². The molecule has 2 unspecified atom stereocenters. The van der Waals surface area contributed by atoms with E-state index < -0.39 is 5.97 Å². The number of carboxylic acids is 1. The molecule has 1 N–H and O–H groups in total. The van der Waals surface area contributed by atoms with Crippen molar-refractivity contribution in [3.63, 3.8) is 0 Å². The van der Waals surface area contributed by atoms with E-state index in [0.717, 1.165) is 18.9 Å². The molecule has 0 aromatic carbocycles. The molecule has 0 saturated carbocycles. The van der Waals surface area contributed by atoms with Crippen molar-refractivity contribution < 1.29 is 14.6 Å². The number of carboxylic acid groups (broad SMARTS) is 1. The lowest BCUT2D eigenvalue weighted by Gasteiger charge is -2.13. The third-order valence-electron chi connectivity index (χ3n) is 2.84. The predicted octanol–water partition coefficient (Wildman–Crippen LogP) is 1.09. The van der Waals surface area contributed by atoms with E-state index in [-0.39, 0.29) is 11.9 Å². The second kappa shape index (κ2) is 5.05. The van der Waals surface area contributed by atoms with Gasteiger partial charge >= 0.3 is 5.97 Å². The van der Waals surface area contributed by atoms with Crippen LogP contribution in [0.5, 0.6) is 0 Å². The Bertz CT molecular complexity index is 421. The lowest BCUT2D eigenvalue weighted by Crippen LogP contribution is -2.11. The fraction of sp³-hybridized carbons (Fsp3) is 0.700. The molecule has 0 amide bonds. The van der Waals surface area contributed by atoms with Crippen molar-refractivity contribution in [3.8, 4) is 0 Å². The van der Waals surface area contributed by atoms with Gasteiger partial charge in [0.05, 0.1) is 5.75 Å². The highest BCUT2D eigenvalue weighted by Crippen LogP contribution is 2.33. The molecular formula is C10H15N3O3S. The molecule has 1 saturated heterocycles. The minimum atomic E-state index is -0.856. The molecule has 0 bridgehead atoms. The maximum absolute atomic E-state index is 10.5. The van der Waals surface area contributed by atoms with Crippen molar-refractivity contribution in [1.82, 2.24) is 14.8 Å². The summed E-state index contributed by atoms with van der Waals surface area (Å²) in [5.74, 6) is 0.343. The molecule has 1 aliphatic heterocycles. The number of hydrogen-bond donors (Lipinski definition) is 1. The zero-order valence-electron chi connectivity index (χ0n) is 9.79. The number of ether oxygens (including phenoxy) is 1. The number of thioether (sulfide) groups is 1. The van der Waals surface area contributed by atoms with Crippen LogP contribution in [-0.4, -0.2) is 38.2 Å². The van der Waals surface area contributed by atoms with E-state index in [1.165, 1.54) is 11.8 Å². The van der Waals surface area contributed by atoms with E-state index in [2.05, 4.69) is 17.1 Å². The van der Waals surface area contributed by atoms with E-state index >= 15 is 0 Å². The SMILES string of the molecule is CC1CCOC1c1nnc(SCC(=O)O)n1C. The van der Waals surface area contributed by atoms with Crippen molar-refractivity contribution in [2.45, 2.75) is 24.6 Å². The standard InChI is InChI=1S/C10H15N3O3S/c1-6-3-4-16-8(6)9-11-12-10(13(9)2)17-5-7(14)15/h6,8H,3-5H2,1-2H3,(H,14,15). The first kappa shape index (κ1) is 12.4. The lowest BCUT2D eigenvalue weighted by atomic mass is 10.0. The van der Waals surface area contributed by atoms with E-state index in [1.54, 1.807) is 0 Å². The zero-order chi connectivity index (χ0) is 12.4. The quantitative estimate of drug-likeness (QED) is 0.814. The summed E-state index contributed by atoms with van der Waals surface area (Å²) in [7, 11) is 1.84. The minimum Gasteiger partial charge on any atom is -0.481 e. The zero-order valence-corrected chi connectivity index (χ0v) is 10.6. The van der Waals surface area contributed by atoms with Gasteiger partial charge in [-0.05, 0) is 12.3 Å². The van der Waals surface area contributed by atoms with Crippen LogP contribution in [0.25, 0.3) is 0 Å². The third kappa shape index (κ3) is 2.61. The smallest absolute Gasteiger partial charge is 0.313 e. The fourth-order valence-electron chi connectivity index (χ4n) is 1.85. The summed E-state index contributed by atoms with van der Waals surface area (Å²) in [5.41, 5.74) is 0. The normalized spacial score (nSPS) is 24.1. The second-order valence-electron chi connectivity index (χ2n) is 4.14. The monoisotopic (exact) mass is 257 g/mol. The maximum Gasteiger partial charge on any atom is 0.313 e. The third-order valence-corrected chi connectivity index (χ3v) is 3.84. The van der Waals surface area contributed by atoms with Gasteiger partial charge in [0, 0.05) is 13.7 Å².